The van der Waals surface area contributed by atoms with E-state index in [9.17, 15) is 8.42 Å². The van der Waals surface area contributed by atoms with E-state index in [0.29, 0.717) is 5.92 Å². The second-order valence-corrected chi connectivity index (χ2v) is 6.72. The lowest BCUT2D eigenvalue weighted by molar-refractivity contribution is 0.596. The summed E-state index contributed by atoms with van der Waals surface area (Å²) >= 11 is 2.18. The van der Waals surface area contributed by atoms with Gasteiger partial charge >= 0.3 is 0 Å². The Balaban J connectivity index is 2.43. The van der Waals surface area contributed by atoms with Crippen LogP contribution in [0.25, 0.3) is 0 Å². The summed E-state index contributed by atoms with van der Waals surface area (Å²) in [7, 11) is -3.57. The van der Waals surface area contributed by atoms with Gasteiger partial charge in [-0.1, -0.05) is 0 Å². The molecule has 15 heavy (non-hydrogen) atoms. The Labute approximate surface area is 103 Å². The molecule has 3 nitrogen and oxygen atoms in total. The zero-order valence-electron chi connectivity index (χ0n) is 8.11. The summed E-state index contributed by atoms with van der Waals surface area (Å²) in [5.41, 5.74) is 0.868. The Morgan fingerprint density at radius 3 is 2.60 bits per heavy atom. The van der Waals surface area contributed by atoms with Gasteiger partial charge in [0.15, 0.2) is 0 Å². The molecule has 0 amide bonds. The van der Waals surface area contributed by atoms with Crippen LogP contribution in [0.2, 0.25) is 0 Å². The van der Waals surface area contributed by atoms with Crippen LogP contribution in [0.1, 0.15) is 18.4 Å². The first kappa shape index (κ1) is 11.3. The third-order valence-electron chi connectivity index (χ3n) is 2.53. The van der Waals surface area contributed by atoms with Crippen LogP contribution in [0.5, 0.6) is 0 Å². The minimum Gasteiger partial charge on any atom is -0.225 e. The molecule has 1 aliphatic carbocycles. The molecule has 1 aromatic rings. The van der Waals surface area contributed by atoms with Crippen molar-refractivity contribution in [1.29, 1.82) is 0 Å². The Morgan fingerprint density at radius 1 is 1.40 bits per heavy atom. The zero-order valence-corrected chi connectivity index (χ0v) is 11.1. The van der Waals surface area contributed by atoms with Gasteiger partial charge in [-0.25, -0.2) is 13.6 Å². The monoisotopic (exact) mass is 337 g/mol. The Kier molecular flexibility index (Phi) is 3.05. The maximum absolute atomic E-state index is 11.3. The maximum Gasteiger partial charge on any atom is 0.238 e. The average Bonchev–Trinajstić information content (AvgIpc) is 2.85. The Hall–Kier alpha value is -0.140. The van der Waals surface area contributed by atoms with Crippen molar-refractivity contribution in [3.63, 3.8) is 0 Å². The number of benzene rings is 1. The van der Waals surface area contributed by atoms with Gasteiger partial charge in [0.2, 0.25) is 10.0 Å². The van der Waals surface area contributed by atoms with E-state index in [1.165, 1.54) is 12.8 Å². The second kappa shape index (κ2) is 4.03. The molecule has 0 aliphatic heterocycles. The Bertz CT molecular complexity index is 480. The third kappa shape index (κ3) is 2.92. The smallest absolute Gasteiger partial charge is 0.225 e. The molecule has 0 heterocycles. The van der Waals surface area contributed by atoms with E-state index in [4.69, 9.17) is 5.14 Å². The molecule has 1 aliphatic rings. The number of sulfonamides is 1. The van der Waals surface area contributed by atoms with Crippen LogP contribution in [0.15, 0.2) is 23.1 Å². The van der Waals surface area contributed by atoms with Crippen molar-refractivity contribution >= 4 is 32.6 Å². The molecule has 0 spiro atoms. The Morgan fingerprint density at radius 2 is 2.07 bits per heavy atom. The molecule has 5 heteroatoms. The topological polar surface area (TPSA) is 60.2 Å². The van der Waals surface area contributed by atoms with E-state index < -0.39 is 10.0 Å². The molecule has 0 radical (unpaired) electrons. The standard InChI is InChI=1S/C10H12INO2S/c11-9-3-4-10(15(12,13)14)8(6-9)5-7-1-2-7/h3-4,6-7H,1-2,5H2,(H2,12,13,14). The molecule has 1 aromatic carbocycles. The van der Waals surface area contributed by atoms with Crippen molar-refractivity contribution in [3.8, 4) is 0 Å². The molecule has 0 unspecified atom stereocenters. The van der Waals surface area contributed by atoms with Crippen LogP contribution in [0.4, 0.5) is 0 Å². The number of nitrogens with two attached hydrogens (primary N) is 1. The van der Waals surface area contributed by atoms with Gasteiger partial charge in [-0.15, -0.1) is 0 Å². The first-order valence-corrected chi connectivity index (χ1v) is 7.40. The van der Waals surface area contributed by atoms with Crippen LogP contribution in [0.3, 0.4) is 0 Å². The van der Waals surface area contributed by atoms with Crippen molar-refractivity contribution in [2.75, 3.05) is 0 Å². The van der Waals surface area contributed by atoms with Crippen LogP contribution >= 0.6 is 22.6 Å². The SMILES string of the molecule is NS(=O)(=O)c1ccc(I)cc1CC1CC1. The van der Waals surface area contributed by atoms with Gasteiger partial charge in [-0.2, -0.15) is 0 Å². The molecule has 1 fully saturated rings. The highest BCUT2D eigenvalue weighted by Crippen LogP contribution is 2.34. The minimum atomic E-state index is -3.57. The molecule has 2 rings (SSSR count). The lowest BCUT2D eigenvalue weighted by Crippen LogP contribution is -2.15. The third-order valence-corrected chi connectivity index (χ3v) is 4.22. The summed E-state index contributed by atoms with van der Waals surface area (Å²) in [5.74, 6) is 0.656. The molecular weight excluding hydrogens is 325 g/mol. The molecule has 0 aromatic heterocycles. The van der Waals surface area contributed by atoms with Gasteiger partial charge in [-0.3, -0.25) is 0 Å². The molecule has 82 valence electrons. The van der Waals surface area contributed by atoms with Crippen LogP contribution < -0.4 is 5.14 Å². The predicted octanol–water partition coefficient (Wildman–Crippen LogP) is 1.89. The van der Waals surface area contributed by atoms with E-state index in [1.807, 2.05) is 6.07 Å². The van der Waals surface area contributed by atoms with Crippen LogP contribution in [-0.2, 0) is 16.4 Å². The van der Waals surface area contributed by atoms with Gasteiger partial charge in [-0.05, 0) is 71.5 Å². The lowest BCUT2D eigenvalue weighted by Gasteiger charge is -2.07. The predicted molar refractivity (Wildman–Crippen MR) is 67.0 cm³/mol. The van der Waals surface area contributed by atoms with Crippen molar-refractivity contribution in [3.05, 3.63) is 27.3 Å². The quantitative estimate of drug-likeness (QED) is 0.857. The highest BCUT2D eigenvalue weighted by molar-refractivity contribution is 14.1. The fourth-order valence-corrected chi connectivity index (χ4v) is 2.94. The highest BCUT2D eigenvalue weighted by Gasteiger charge is 2.24. The van der Waals surface area contributed by atoms with Crippen molar-refractivity contribution in [2.45, 2.75) is 24.2 Å². The fourth-order valence-electron chi connectivity index (χ4n) is 1.62. The number of primary sulfonamides is 1. The summed E-state index contributed by atoms with van der Waals surface area (Å²) in [5, 5.41) is 5.17. The van der Waals surface area contributed by atoms with E-state index in [1.54, 1.807) is 12.1 Å². The molecule has 0 saturated heterocycles. The summed E-state index contributed by atoms with van der Waals surface area (Å²) in [6, 6.07) is 5.30. The van der Waals surface area contributed by atoms with Crippen LogP contribution in [-0.4, -0.2) is 8.42 Å². The normalized spacial score (nSPS) is 16.7. The van der Waals surface area contributed by atoms with Gasteiger partial charge in [0.05, 0.1) is 4.90 Å². The summed E-state index contributed by atoms with van der Waals surface area (Å²) in [6.45, 7) is 0. The van der Waals surface area contributed by atoms with E-state index in [0.717, 1.165) is 15.6 Å². The van der Waals surface area contributed by atoms with Crippen molar-refractivity contribution < 1.29 is 8.42 Å². The molecule has 0 bridgehead atoms. The van der Waals surface area contributed by atoms with Crippen molar-refractivity contribution in [2.24, 2.45) is 11.1 Å². The van der Waals surface area contributed by atoms with E-state index in [2.05, 4.69) is 22.6 Å². The summed E-state index contributed by atoms with van der Waals surface area (Å²) in [4.78, 5) is 0.287. The van der Waals surface area contributed by atoms with Gasteiger partial charge in [0.1, 0.15) is 0 Å². The van der Waals surface area contributed by atoms with Gasteiger partial charge in [0, 0.05) is 3.57 Å². The fraction of sp³-hybridized carbons (Fsp3) is 0.400. The first-order valence-electron chi connectivity index (χ1n) is 4.78. The van der Waals surface area contributed by atoms with E-state index in [-0.39, 0.29) is 4.90 Å². The number of hydrogen-bond acceptors (Lipinski definition) is 2. The molecule has 0 atom stereocenters. The molecule has 2 N–H and O–H groups in total. The number of rotatable bonds is 3. The molecular formula is C10H12INO2S. The number of halogens is 1. The maximum atomic E-state index is 11.3. The summed E-state index contributed by atoms with van der Waals surface area (Å²) in [6.07, 6.45) is 3.24. The largest absolute Gasteiger partial charge is 0.238 e. The second-order valence-electron chi connectivity index (χ2n) is 3.94. The first-order chi connectivity index (χ1) is 6.97. The average molecular weight is 337 g/mol. The molecule has 1 saturated carbocycles. The lowest BCUT2D eigenvalue weighted by atomic mass is 10.1. The van der Waals surface area contributed by atoms with Gasteiger partial charge in [0.25, 0.3) is 0 Å². The summed E-state index contributed by atoms with van der Waals surface area (Å²) < 4.78 is 23.7. The van der Waals surface area contributed by atoms with Gasteiger partial charge < -0.3 is 0 Å². The van der Waals surface area contributed by atoms with Crippen molar-refractivity contribution in [1.82, 2.24) is 0 Å². The zero-order chi connectivity index (χ0) is 11.1. The highest BCUT2D eigenvalue weighted by atomic mass is 127. The number of hydrogen-bond donors (Lipinski definition) is 1. The minimum absolute atomic E-state index is 0.287. The van der Waals surface area contributed by atoms with Crippen LogP contribution in [0, 0.1) is 9.49 Å². The van der Waals surface area contributed by atoms with E-state index >= 15 is 0 Å².